The van der Waals surface area contributed by atoms with Crippen LogP contribution in [0.15, 0.2) is 22.7 Å². The van der Waals surface area contributed by atoms with Crippen molar-refractivity contribution in [3.8, 4) is 5.75 Å². The Morgan fingerprint density at radius 3 is 1.87 bits per heavy atom. The highest BCUT2D eigenvalue weighted by molar-refractivity contribution is 9.10. The summed E-state index contributed by atoms with van der Waals surface area (Å²) in [7, 11) is 0. The second kappa shape index (κ2) is 18.7. The summed E-state index contributed by atoms with van der Waals surface area (Å²) in [4.78, 5) is 12.5. The average Bonchev–Trinajstić information content (AvgIpc) is 2.75. The second-order valence-corrected chi connectivity index (χ2v) is 9.26. The topological polar surface area (TPSA) is 38.3 Å². The van der Waals surface area contributed by atoms with Crippen LogP contribution in [0.5, 0.6) is 5.75 Å². The van der Waals surface area contributed by atoms with Crippen molar-refractivity contribution in [2.24, 2.45) is 0 Å². The Labute approximate surface area is 193 Å². The summed E-state index contributed by atoms with van der Waals surface area (Å²) < 4.78 is 6.61. The maximum absolute atomic E-state index is 12.5. The number of unbranched alkanes of at least 4 members (excludes halogenated alkanes) is 13. The average molecular weight is 483 g/mol. The van der Waals surface area contributed by atoms with Crippen LogP contribution in [-0.2, 0) is 0 Å². The third-order valence-corrected chi connectivity index (χ3v) is 5.96. The first-order chi connectivity index (χ1) is 14.7. The van der Waals surface area contributed by atoms with Gasteiger partial charge in [-0.15, -0.1) is 0 Å². The highest BCUT2D eigenvalue weighted by Crippen LogP contribution is 2.23. The summed E-state index contributed by atoms with van der Waals surface area (Å²) in [5.74, 6) is 0.621. The first-order valence-corrected chi connectivity index (χ1v) is 13.2. The molecule has 1 aromatic rings. The van der Waals surface area contributed by atoms with Gasteiger partial charge in [0.1, 0.15) is 5.75 Å². The van der Waals surface area contributed by atoms with Gasteiger partial charge in [-0.3, -0.25) is 4.79 Å². The van der Waals surface area contributed by atoms with Crippen molar-refractivity contribution in [3.63, 3.8) is 0 Å². The van der Waals surface area contributed by atoms with E-state index in [9.17, 15) is 4.79 Å². The molecule has 4 heteroatoms. The van der Waals surface area contributed by atoms with Gasteiger partial charge >= 0.3 is 0 Å². The van der Waals surface area contributed by atoms with Gasteiger partial charge in [-0.2, -0.15) is 0 Å². The summed E-state index contributed by atoms with van der Waals surface area (Å²) in [6.07, 6.45) is 19.8. The lowest BCUT2D eigenvalue weighted by Gasteiger charge is -2.12. The Kier molecular flexibility index (Phi) is 16.8. The van der Waals surface area contributed by atoms with E-state index in [2.05, 4.69) is 35.1 Å². The van der Waals surface area contributed by atoms with Gasteiger partial charge in [0.15, 0.2) is 0 Å². The van der Waals surface area contributed by atoms with Crippen molar-refractivity contribution in [2.45, 2.75) is 110 Å². The van der Waals surface area contributed by atoms with Crippen molar-refractivity contribution in [1.82, 2.24) is 5.32 Å². The van der Waals surface area contributed by atoms with Gasteiger partial charge in [0.25, 0.3) is 5.91 Å². The molecular formula is C26H44BrNO2. The largest absolute Gasteiger partial charge is 0.493 e. The molecule has 0 aliphatic carbocycles. The van der Waals surface area contributed by atoms with Crippen LogP contribution in [0, 0.1) is 0 Å². The summed E-state index contributed by atoms with van der Waals surface area (Å²) >= 11 is 3.45. The van der Waals surface area contributed by atoms with Crippen LogP contribution in [0.25, 0.3) is 0 Å². The minimum Gasteiger partial charge on any atom is -0.493 e. The Morgan fingerprint density at radius 1 is 0.800 bits per heavy atom. The van der Waals surface area contributed by atoms with E-state index in [0.29, 0.717) is 17.9 Å². The molecule has 0 radical (unpaired) electrons. The molecule has 0 heterocycles. The summed E-state index contributed by atoms with van der Waals surface area (Å²) in [6.45, 7) is 5.70. The number of nitrogens with one attached hydrogen (secondary N) is 1. The van der Waals surface area contributed by atoms with E-state index in [1.807, 2.05) is 18.2 Å². The lowest BCUT2D eigenvalue weighted by Crippen LogP contribution is -2.25. The van der Waals surface area contributed by atoms with Gasteiger partial charge in [-0.05, 0) is 31.0 Å². The summed E-state index contributed by atoms with van der Waals surface area (Å²) in [6, 6.07) is 5.61. The zero-order chi connectivity index (χ0) is 21.9. The normalized spacial score (nSPS) is 10.9. The van der Waals surface area contributed by atoms with Crippen molar-refractivity contribution < 1.29 is 9.53 Å². The van der Waals surface area contributed by atoms with E-state index >= 15 is 0 Å². The van der Waals surface area contributed by atoms with Crippen LogP contribution in [0.4, 0.5) is 0 Å². The van der Waals surface area contributed by atoms with E-state index in [0.717, 1.165) is 23.9 Å². The number of hydrogen-bond acceptors (Lipinski definition) is 2. The zero-order valence-electron chi connectivity index (χ0n) is 19.4. The molecule has 0 saturated heterocycles. The molecule has 172 valence electrons. The van der Waals surface area contributed by atoms with Crippen LogP contribution in [0.3, 0.4) is 0 Å². The van der Waals surface area contributed by atoms with Crippen molar-refractivity contribution in [3.05, 3.63) is 28.2 Å². The number of ether oxygens (including phenoxy) is 1. The number of amides is 1. The van der Waals surface area contributed by atoms with Crippen LogP contribution < -0.4 is 10.1 Å². The molecule has 0 bridgehead atoms. The molecule has 0 atom stereocenters. The van der Waals surface area contributed by atoms with E-state index in [1.165, 1.54) is 83.5 Å². The summed E-state index contributed by atoms with van der Waals surface area (Å²) in [5, 5.41) is 3.05. The highest BCUT2D eigenvalue weighted by atomic mass is 79.9. The maximum Gasteiger partial charge on any atom is 0.255 e. The highest BCUT2D eigenvalue weighted by Gasteiger charge is 2.12. The molecule has 1 aromatic carbocycles. The lowest BCUT2D eigenvalue weighted by atomic mass is 10.0. The molecule has 1 N–H and O–H groups in total. The fourth-order valence-corrected chi connectivity index (χ4v) is 4.00. The lowest BCUT2D eigenvalue weighted by molar-refractivity contribution is 0.0948. The van der Waals surface area contributed by atoms with Crippen molar-refractivity contribution in [2.75, 3.05) is 13.2 Å². The van der Waals surface area contributed by atoms with Crippen LogP contribution in [0.2, 0.25) is 0 Å². The Hall–Kier alpha value is -1.03. The SMILES string of the molecule is CCCCCCCCCCCCCCCCNC(=O)c1cc(Br)ccc1OCCC. The van der Waals surface area contributed by atoms with Gasteiger partial charge in [0.05, 0.1) is 12.2 Å². The minimum atomic E-state index is -0.0444. The molecule has 30 heavy (non-hydrogen) atoms. The fourth-order valence-electron chi connectivity index (χ4n) is 3.63. The summed E-state index contributed by atoms with van der Waals surface area (Å²) in [5.41, 5.74) is 0.614. The van der Waals surface area contributed by atoms with E-state index < -0.39 is 0 Å². The molecule has 0 aliphatic rings. The molecule has 0 fully saturated rings. The zero-order valence-corrected chi connectivity index (χ0v) is 21.0. The molecule has 0 aliphatic heterocycles. The third-order valence-electron chi connectivity index (χ3n) is 5.46. The molecular weight excluding hydrogens is 438 g/mol. The molecule has 1 amide bonds. The molecule has 1 rings (SSSR count). The Morgan fingerprint density at radius 2 is 1.33 bits per heavy atom. The van der Waals surface area contributed by atoms with Gasteiger partial charge < -0.3 is 10.1 Å². The molecule has 0 saturated carbocycles. The van der Waals surface area contributed by atoms with E-state index in [-0.39, 0.29) is 5.91 Å². The quantitative estimate of drug-likeness (QED) is 0.201. The number of carbonyl (C=O) groups excluding carboxylic acids is 1. The molecule has 0 spiro atoms. The third kappa shape index (κ3) is 13.3. The smallest absolute Gasteiger partial charge is 0.255 e. The van der Waals surface area contributed by atoms with Gasteiger partial charge in [-0.1, -0.05) is 113 Å². The maximum atomic E-state index is 12.5. The van der Waals surface area contributed by atoms with Crippen LogP contribution in [0.1, 0.15) is 121 Å². The number of rotatable bonds is 19. The molecule has 0 unspecified atom stereocenters. The van der Waals surface area contributed by atoms with Gasteiger partial charge in [0.2, 0.25) is 0 Å². The Bertz CT molecular complexity index is 562. The number of carbonyl (C=O) groups is 1. The number of benzene rings is 1. The number of hydrogen-bond donors (Lipinski definition) is 1. The monoisotopic (exact) mass is 481 g/mol. The standard InChI is InChI=1S/C26H44BrNO2/c1-3-5-6-7-8-9-10-11-12-13-14-15-16-17-20-28-26(29)24-22-23(27)18-19-25(24)30-21-4-2/h18-19,22H,3-17,20-21H2,1-2H3,(H,28,29). The van der Waals surface area contributed by atoms with Crippen molar-refractivity contribution in [1.29, 1.82) is 0 Å². The van der Waals surface area contributed by atoms with Crippen molar-refractivity contribution >= 4 is 21.8 Å². The number of halogens is 1. The molecule has 3 nitrogen and oxygen atoms in total. The Balaban J connectivity index is 2.02. The van der Waals surface area contributed by atoms with Crippen LogP contribution >= 0.6 is 15.9 Å². The predicted octanol–water partition coefficient (Wildman–Crippen LogP) is 8.45. The first-order valence-electron chi connectivity index (χ1n) is 12.4. The minimum absolute atomic E-state index is 0.0444. The van der Waals surface area contributed by atoms with E-state index in [1.54, 1.807) is 0 Å². The first kappa shape index (κ1) is 27.0. The van der Waals surface area contributed by atoms with Gasteiger partial charge in [-0.25, -0.2) is 0 Å². The fraction of sp³-hybridized carbons (Fsp3) is 0.731. The van der Waals surface area contributed by atoms with Crippen LogP contribution in [-0.4, -0.2) is 19.1 Å². The van der Waals surface area contributed by atoms with Gasteiger partial charge in [0, 0.05) is 11.0 Å². The van der Waals surface area contributed by atoms with E-state index in [4.69, 9.17) is 4.74 Å². The second-order valence-electron chi connectivity index (χ2n) is 8.34. The predicted molar refractivity (Wildman–Crippen MR) is 133 cm³/mol. The molecule has 0 aromatic heterocycles.